The lowest BCUT2D eigenvalue weighted by Gasteiger charge is -2.21. The molecule has 3 aromatic carbocycles. The first-order valence-electron chi connectivity index (χ1n) is 10.4. The first-order valence-corrected chi connectivity index (χ1v) is 12.3. The van der Waals surface area contributed by atoms with Crippen LogP contribution in [0.4, 0.5) is 11.4 Å². The Bertz CT molecular complexity index is 1350. The molecule has 0 bridgehead atoms. The third-order valence-corrected chi connectivity index (χ3v) is 7.09. The van der Waals surface area contributed by atoms with Crippen molar-refractivity contribution in [2.24, 2.45) is 0 Å². The summed E-state index contributed by atoms with van der Waals surface area (Å²) < 4.78 is 34.1. The van der Waals surface area contributed by atoms with Gasteiger partial charge < -0.3 is 15.4 Å². The van der Waals surface area contributed by atoms with E-state index in [-0.39, 0.29) is 17.2 Å². The van der Waals surface area contributed by atoms with Gasteiger partial charge in [0.1, 0.15) is 11.8 Å². The number of methoxy groups -OCH3 is 1. The summed E-state index contributed by atoms with van der Waals surface area (Å²) >= 11 is 6.15. The molecule has 1 atom stereocenters. The molecule has 1 aliphatic rings. The summed E-state index contributed by atoms with van der Waals surface area (Å²) in [5.41, 5.74) is 2.16. The van der Waals surface area contributed by atoms with Gasteiger partial charge in [0.2, 0.25) is 21.8 Å². The minimum atomic E-state index is -4.08. The molecule has 0 spiro atoms. The van der Waals surface area contributed by atoms with Gasteiger partial charge in [0.15, 0.2) is 0 Å². The van der Waals surface area contributed by atoms with Crippen molar-refractivity contribution < 1.29 is 22.7 Å². The van der Waals surface area contributed by atoms with Gasteiger partial charge in [-0.1, -0.05) is 41.9 Å². The Morgan fingerprint density at radius 2 is 1.82 bits per heavy atom. The number of ether oxygens (including phenoxy) is 1. The summed E-state index contributed by atoms with van der Waals surface area (Å²) in [6.45, 7) is 0. The number of carbonyl (C=O) groups excluding carboxylic acids is 2. The Hall–Kier alpha value is -3.40. The van der Waals surface area contributed by atoms with E-state index in [9.17, 15) is 18.0 Å². The summed E-state index contributed by atoms with van der Waals surface area (Å²) in [6, 6.07) is 16.5. The second-order valence-electron chi connectivity index (χ2n) is 7.67. The molecule has 0 saturated carbocycles. The largest absolute Gasteiger partial charge is 0.495 e. The number of hydrogen-bond donors (Lipinski definition) is 3. The standard InChI is InChI=1S/C24H22ClN3O5S/c1-33-21-11-8-17(14-19(21)25)26-24(30)23(15-5-3-2-4-6-15)28-34(31,32)18-9-10-20-16(13-18)7-12-22(29)27-20/h2-6,8-11,13-14,23,28H,7,12H2,1H3,(H,26,30)(H,27,29)/t23-/m1/s1. The van der Waals surface area contributed by atoms with Crippen LogP contribution in [0.1, 0.15) is 23.6 Å². The lowest BCUT2D eigenvalue weighted by molar-refractivity contribution is -0.118. The highest BCUT2D eigenvalue weighted by Gasteiger charge is 2.28. The molecule has 3 aromatic rings. The predicted octanol–water partition coefficient (Wildman–Crippen LogP) is 3.89. The van der Waals surface area contributed by atoms with E-state index in [1.807, 2.05) is 0 Å². The summed E-state index contributed by atoms with van der Waals surface area (Å²) in [5.74, 6) is -0.245. The highest BCUT2D eigenvalue weighted by Crippen LogP contribution is 2.29. The van der Waals surface area contributed by atoms with E-state index in [4.69, 9.17) is 16.3 Å². The molecule has 3 N–H and O–H groups in total. The molecule has 2 amide bonds. The fraction of sp³-hybridized carbons (Fsp3) is 0.167. The average molecular weight is 500 g/mol. The van der Waals surface area contributed by atoms with Crippen LogP contribution >= 0.6 is 11.6 Å². The number of sulfonamides is 1. The number of amides is 2. The summed E-state index contributed by atoms with van der Waals surface area (Å²) in [7, 11) is -2.60. The molecule has 0 fully saturated rings. The fourth-order valence-corrected chi connectivity index (χ4v) is 5.12. The molecule has 34 heavy (non-hydrogen) atoms. The Morgan fingerprint density at radius 1 is 1.06 bits per heavy atom. The number of nitrogens with one attached hydrogen (secondary N) is 3. The van der Waals surface area contributed by atoms with E-state index < -0.39 is 22.0 Å². The van der Waals surface area contributed by atoms with Gasteiger partial charge >= 0.3 is 0 Å². The van der Waals surface area contributed by atoms with Gasteiger partial charge in [-0.15, -0.1) is 0 Å². The SMILES string of the molecule is COc1ccc(NC(=O)[C@H](NS(=O)(=O)c2ccc3c(c2)CCC(=O)N3)c2ccccc2)cc1Cl. The first-order chi connectivity index (χ1) is 16.3. The Morgan fingerprint density at radius 3 is 2.53 bits per heavy atom. The van der Waals surface area contributed by atoms with Crippen molar-refractivity contribution >= 4 is 44.8 Å². The van der Waals surface area contributed by atoms with Gasteiger partial charge in [-0.25, -0.2) is 8.42 Å². The van der Waals surface area contributed by atoms with E-state index in [0.717, 1.165) is 5.56 Å². The summed E-state index contributed by atoms with van der Waals surface area (Å²) in [6.07, 6.45) is 0.717. The number of rotatable bonds is 7. The second kappa shape index (κ2) is 9.84. The molecule has 176 valence electrons. The predicted molar refractivity (Wildman–Crippen MR) is 130 cm³/mol. The molecule has 10 heteroatoms. The van der Waals surface area contributed by atoms with Crippen LogP contribution in [0.15, 0.2) is 71.6 Å². The van der Waals surface area contributed by atoms with E-state index in [0.29, 0.717) is 34.1 Å². The highest BCUT2D eigenvalue weighted by molar-refractivity contribution is 7.89. The maximum absolute atomic E-state index is 13.2. The van der Waals surface area contributed by atoms with E-state index >= 15 is 0 Å². The molecule has 0 aliphatic carbocycles. The number of carbonyl (C=O) groups is 2. The van der Waals surface area contributed by atoms with Gasteiger partial charge in [0.05, 0.1) is 17.0 Å². The molecule has 8 nitrogen and oxygen atoms in total. The Balaban J connectivity index is 1.62. The maximum Gasteiger partial charge on any atom is 0.247 e. The fourth-order valence-electron chi connectivity index (χ4n) is 3.63. The zero-order valence-corrected chi connectivity index (χ0v) is 19.7. The van der Waals surface area contributed by atoms with Gasteiger partial charge in [-0.3, -0.25) is 9.59 Å². The minimum Gasteiger partial charge on any atom is -0.495 e. The molecule has 0 aromatic heterocycles. The molecule has 0 radical (unpaired) electrons. The summed E-state index contributed by atoms with van der Waals surface area (Å²) in [4.78, 5) is 24.8. The van der Waals surface area contributed by atoms with Gasteiger partial charge in [0, 0.05) is 17.8 Å². The lowest BCUT2D eigenvalue weighted by atomic mass is 10.0. The van der Waals surface area contributed by atoms with Crippen LogP contribution in [0.3, 0.4) is 0 Å². The third kappa shape index (κ3) is 5.22. The smallest absolute Gasteiger partial charge is 0.247 e. The second-order valence-corrected chi connectivity index (χ2v) is 9.79. The van der Waals surface area contributed by atoms with E-state index in [2.05, 4.69) is 15.4 Å². The number of halogens is 1. The van der Waals surface area contributed by atoms with Crippen LogP contribution in [0, 0.1) is 0 Å². The average Bonchev–Trinajstić information content (AvgIpc) is 2.83. The van der Waals surface area contributed by atoms with Crippen molar-refractivity contribution in [1.29, 1.82) is 0 Å². The van der Waals surface area contributed by atoms with Gasteiger partial charge in [-0.2, -0.15) is 4.72 Å². The van der Waals surface area contributed by atoms with Crippen molar-refractivity contribution in [1.82, 2.24) is 4.72 Å². The summed E-state index contributed by atoms with van der Waals surface area (Å²) in [5, 5.41) is 5.74. The quantitative estimate of drug-likeness (QED) is 0.456. The topological polar surface area (TPSA) is 114 Å². The zero-order chi connectivity index (χ0) is 24.3. The maximum atomic E-state index is 13.2. The van der Waals surface area contributed by atoms with Crippen LogP contribution in [0.5, 0.6) is 5.75 Å². The van der Waals surface area contributed by atoms with Crippen LogP contribution in [-0.2, 0) is 26.0 Å². The molecule has 4 rings (SSSR count). The minimum absolute atomic E-state index is 0.00335. The normalized spacial score (nSPS) is 14.0. The zero-order valence-electron chi connectivity index (χ0n) is 18.2. The number of fused-ring (bicyclic) bond motifs is 1. The van der Waals surface area contributed by atoms with Gasteiger partial charge in [-0.05, 0) is 53.9 Å². The van der Waals surface area contributed by atoms with E-state index in [1.165, 1.54) is 25.3 Å². The third-order valence-electron chi connectivity index (χ3n) is 5.37. The lowest BCUT2D eigenvalue weighted by Crippen LogP contribution is -2.37. The highest BCUT2D eigenvalue weighted by atomic mass is 35.5. The van der Waals surface area contributed by atoms with Crippen molar-refractivity contribution in [3.63, 3.8) is 0 Å². The molecule has 0 saturated heterocycles. The van der Waals surface area contributed by atoms with Crippen molar-refractivity contribution in [3.8, 4) is 5.75 Å². The first kappa shape index (κ1) is 23.7. The van der Waals surface area contributed by atoms with Crippen LogP contribution in [0.25, 0.3) is 0 Å². The Kier molecular flexibility index (Phi) is 6.87. The number of hydrogen-bond acceptors (Lipinski definition) is 5. The monoisotopic (exact) mass is 499 g/mol. The van der Waals surface area contributed by atoms with Crippen LogP contribution in [-0.4, -0.2) is 27.3 Å². The van der Waals surface area contributed by atoms with E-state index in [1.54, 1.807) is 48.5 Å². The molecule has 0 unspecified atom stereocenters. The molecular weight excluding hydrogens is 478 g/mol. The van der Waals surface area contributed by atoms with Gasteiger partial charge in [0.25, 0.3) is 0 Å². The number of anilines is 2. The number of benzene rings is 3. The molecule has 1 heterocycles. The van der Waals surface area contributed by atoms with Crippen molar-refractivity contribution in [2.45, 2.75) is 23.8 Å². The number of aryl methyl sites for hydroxylation is 1. The molecular formula is C24H22ClN3O5S. The molecule has 1 aliphatic heterocycles. The van der Waals surface area contributed by atoms with Crippen molar-refractivity contribution in [2.75, 3.05) is 17.7 Å². The van der Waals surface area contributed by atoms with Crippen molar-refractivity contribution in [3.05, 3.63) is 82.9 Å². The van der Waals surface area contributed by atoms with Crippen LogP contribution in [0.2, 0.25) is 5.02 Å². The van der Waals surface area contributed by atoms with Crippen LogP contribution < -0.4 is 20.1 Å². The Labute approximate surface area is 202 Å².